The lowest BCUT2D eigenvalue weighted by Crippen LogP contribution is -2.38. The Labute approximate surface area is 144 Å². The summed E-state index contributed by atoms with van der Waals surface area (Å²) in [5.74, 6) is 0. The number of H-pyrrole nitrogens is 1. The lowest BCUT2D eigenvalue weighted by molar-refractivity contribution is 0.0508. The van der Waals surface area contributed by atoms with Crippen LogP contribution in [0.5, 0.6) is 0 Å². The first-order chi connectivity index (χ1) is 11.2. The third-order valence-corrected chi connectivity index (χ3v) is 4.61. The molecule has 1 aliphatic rings. The first-order valence-electron chi connectivity index (χ1n) is 8.85. The van der Waals surface area contributed by atoms with Gasteiger partial charge in [0.15, 0.2) is 0 Å². The van der Waals surface area contributed by atoms with Crippen molar-refractivity contribution >= 4 is 17.0 Å². The number of carbonyl (C=O) groups excluding carboxylic acids is 1. The Morgan fingerprint density at radius 1 is 1.29 bits per heavy atom. The summed E-state index contributed by atoms with van der Waals surface area (Å²) < 4.78 is 5.35. The number of ether oxygens (including phenoxy) is 1. The second kappa shape index (κ2) is 6.15. The van der Waals surface area contributed by atoms with Crippen LogP contribution in [0.2, 0.25) is 0 Å². The van der Waals surface area contributed by atoms with Crippen molar-refractivity contribution in [1.82, 2.24) is 10.3 Å². The van der Waals surface area contributed by atoms with E-state index in [0.717, 1.165) is 6.42 Å². The molecule has 24 heavy (non-hydrogen) atoms. The van der Waals surface area contributed by atoms with E-state index >= 15 is 0 Å². The molecule has 0 saturated heterocycles. The molecule has 0 aliphatic heterocycles. The first kappa shape index (κ1) is 16.9. The number of carbonyl (C=O) groups is 1. The predicted octanol–water partition coefficient (Wildman–Crippen LogP) is 4.42. The van der Waals surface area contributed by atoms with Crippen molar-refractivity contribution in [1.29, 1.82) is 0 Å². The van der Waals surface area contributed by atoms with Crippen LogP contribution < -0.4 is 5.32 Å². The molecule has 1 amide bonds. The smallest absolute Gasteiger partial charge is 0.407 e. The van der Waals surface area contributed by atoms with E-state index in [2.05, 4.69) is 29.4 Å². The van der Waals surface area contributed by atoms with E-state index in [4.69, 9.17) is 4.74 Å². The van der Waals surface area contributed by atoms with Crippen LogP contribution >= 0.6 is 0 Å². The number of aromatic nitrogens is 1. The maximum atomic E-state index is 12.0. The molecule has 1 aliphatic carbocycles. The zero-order valence-electron chi connectivity index (χ0n) is 15.4. The molecule has 0 fully saturated rings. The van der Waals surface area contributed by atoms with Crippen LogP contribution in [-0.2, 0) is 24.0 Å². The van der Waals surface area contributed by atoms with Crippen molar-refractivity contribution in [3.05, 3.63) is 34.5 Å². The highest BCUT2D eigenvalue weighted by atomic mass is 16.6. The van der Waals surface area contributed by atoms with Crippen molar-refractivity contribution in [2.24, 2.45) is 0 Å². The number of hydrogen-bond acceptors (Lipinski definition) is 2. The van der Waals surface area contributed by atoms with Gasteiger partial charge in [-0.2, -0.15) is 0 Å². The van der Waals surface area contributed by atoms with E-state index in [-0.39, 0.29) is 12.1 Å². The quantitative estimate of drug-likeness (QED) is 0.876. The molecule has 0 saturated carbocycles. The monoisotopic (exact) mass is 328 g/mol. The van der Waals surface area contributed by atoms with Gasteiger partial charge in [0.05, 0.1) is 0 Å². The average Bonchev–Trinajstić information content (AvgIpc) is 2.99. The summed E-state index contributed by atoms with van der Waals surface area (Å²) in [4.78, 5) is 15.5. The van der Waals surface area contributed by atoms with Crippen molar-refractivity contribution in [3.63, 3.8) is 0 Å². The van der Waals surface area contributed by atoms with Crippen molar-refractivity contribution < 1.29 is 9.53 Å². The Hall–Kier alpha value is -1.97. The van der Waals surface area contributed by atoms with Crippen LogP contribution in [0, 0.1) is 6.92 Å². The Kier molecular flexibility index (Phi) is 4.33. The molecular weight excluding hydrogens is 300 g/mol. The van der Waals surface area contributed by atoms with Gasteiger partial charge in [-0.15, -0.1) is 0 Å². The minimum absolute atomic E-state index is 0.0193. The van der Waals surface area contributed by atoms with Crippen molar-refractivity contribution in [2.75, 3.05) is 0 Å². The maximum absolute atomic E-state index is 12.0. The fraction of sp³-hybridized carbons (Fsp3) is 0.550. The molecule has 4 heteroatoms. The van der Waals surface area contributed by atoms with Gasteiger partial charge in [0.2, 0.25) is 0 Å². The topological polar surface area (TPSA) is 54.1 Å². The average molecular weight is 328 g/mol. The van der Waals surface area contributed by atoms with Crippen LogP contribution in [0.25, 0.3) is 10.9 Å². The van der Waals surface area contributed by atoms with Gasteiger partial charge in [-0.3, -0.25) is 0 Å². The number of aryl methyl sites for hydroxylation is 3. The van der Waals surface area contributed by atoms with Gasteiger partial charge in [0.1, 0.15) is 5.60 Å². The van der Waals surface area contributed by atoms with E-state index in [1.807, 2.05) is 27.7 Å². The predicted molar refractivity (Wildman–Crippen MR) is 97.6 cm³/mol. The van der Waals surface area contributed by atoms with Crippen LogP contribution in [0.1, 0.15) is 56.5 Å². The minimum Gasteiger partial charge on any atom is -0.444 e. The zero-order chi connectivity index (χ0) is 17.5. The number of aromatic amines is 1. The summed E-state index contributed by atoms with van der Waals surface area (Å²) >= 11 is 0. The van der Waals surface area contributed by atoms with Gasteiger partial charge in [-0.25, -0.2) is 4.79 Å². The molecule has 2 aromatic rings. The highest BCUT2D eigenvalue weighted by Gasteiger charge is 2.20. The summed E-state index contributed by atoms with van der Waals surface area (Å²) in [5, 5.41) is 4.24. The number of rotatable bonds is 3. The molecular formula is C20H28N2O2. The molecule has 1 heterocycles. The van der Waals surface area contributed by atoms with Gasteiger partial charge in [-0.1, -0.05) is 0 Å². The molecule has 3 rings (SSSR count). The second-order valence-corrected chi connectivity index (χ2v) is 8.00. The summed E-state index contributed by atoms with van der Waals surface area (Å²) in [6.07, 6.45) is 4.07. The standard InChI is InChI=1S/C20H28N2O2/c1-12(21-19(23)24-20(3,4)5)9-16-13(2)22-18-11-15-8-6-7-14(15)10-17(16)18/h10-12,22H,6-9H2,1-5H3,(H,21,23). The van der Waals surface area contributed by atoms with Crippen LogP contribution in [0.15, 0.2) is 12.1 Å². The van der Waals surface area contributed by atoms with E-state index in [1.165, 1.54) is 52.5 Å². The molecule has 1 atom stereocenters. The Morgan fingerprint density at radius 2 is 1.96 bits per heavy atom. The lowest BCUT2D eigenvalue weighted by atomic mass is 10.0. The number of benzene rings is 1. The van der Waals surface area contributed by atoms with Gasteiger partial charge < -0.3 is 15.0 Å². The summed E-state index contributed by atoms with van der Waals surface area (Å²) in [7, 11) is 0. The number of hydrogen-bond donors (Lipinski definition) is 2. The molecule has 1 aromatic carbocycles. The van der Waals surface area contributed by atoms with E-state index in [1.54, 1.807) is 0 Å². The molecule has 2 N–H and O–H groups in total. The van der Waals surface area contributed by atoms with Crippen LogP contribution in [0.3, 0.4) is 0 Å². The molecule has 1 aromatic heterocycles. The first-order valence-corrected chi connectivity index (χ1v) is 8.85. The fourth-order valence-electron chi connectivity index (χ4n) is 3.59. The van der Waals surface area contributed by atoms with Crippen LogP contribution in [0.4, 0.5) is 4.79 Å². The van der Waals surface area contributed by atoms with Crippen molar-refractivity contribution in [3.8, 4) is 0 Å². The van der Waals surface area contributed by atoms with Gasteiger partial charge in [-0.05, 0) is 89.1 Å². The van der Waals surface area contributed by atoms with Crippen molar-refractivity contribution in [2.45, 2.75) is 71.9 Å². The second-order valence-electron chi connectivity index (χ2n) is 8.00. The van der Waals surface area contributed by atoms with Gasteiger partial charge in [0.25, 0.3) is 0 Å². The molecule has 1 unspecified atom stereocenters. The number of fused-ring (bicyclic) bond motifs is 2. The summed E-state index contributed by atoms with van der Waals surface area (Å²) in [5.41, 5.74) is 6.19. The van der Waals surface area contributed by atoms with Crippen LogP contribution in [-0.4, -0.2) is 22.7 Å². The molecule has 0 bridgehead atoms. The fourth-order valence-corrected chi connectivity index (χ4v) is 3.59. The van der Waals surface area contributed by atoms with Gasteiger partial charge >= 0.3 is 6.09 Å². The largest absolute Gasteiger partial charge is 0.444 e. The Bertz CT molecular complexity index is 768. The van der Waals surface area contributed by atoms with E-state index in [9.17, 15) is 4.79 Å². The molecule has 0 spiro atoms. The highest BCUT2D eigenvalue weighted by Crippen LogP contribution is 2.31. The molecule has 4 nitrogen and oxygen atoms in total. The molecule has 0 radical (unpaired) electrons. The minimum atomic E-state index is -0.471. The third kappa shape index (κ3) is 3.58. The highest BCUT2D eigenvalue weighted by molar-refractivity contribution is 5.86. The SMILES string of the molecule is Cc1[nH]c2cc3c(cc2c1CC(C)NC(=O)OC(C)(C)C)CCC3. The summed E-state index contributed by atoms with van der Waals surface area (Å²) in [6.45, 7) is 9.76. The number of nitrogens with one attached hydrogen (secondary N) is 2. The summed E-state index contributed by atoms with van der Waals surface area (Å²) in [6, 6.07) is 4.67. The number of alkyl carbamates (subject to hydrolysis) is 1. The Morgan fingerprint density at radius 3 is 2.62 bits per heavy atom. The number of amides is 1. The third-order valence-electron chi connectivity index (χ3n) is 4.61. The molecule has 130 valence electrons. The zero-order valence-corrected chi connectivity index (χ0v) is 15.4. The van der Waals surface area contributed by atoms with Gasteiger partial charge in [0, 0.05) is 22.6 Å². The Balaban J connectivity index is 1.77. The maximum Gasteiger partial charge on any atom is 0.407 e. The lowest BCUT2D eigenvalue weighted by Gasteiger charge is -2.22. The normalized spacial score (nSPS) is 15.4. The van der Waals surface area contributed by atoms with E-state index < -0.39 is 5.60 Å². The van der Waals surface area contributed by atoms with E-state index in [0.29, 0.717) is 0 Å².